The maximum absolute atomic E-state index is 10.5. The normalized spacial score (nSPS) is 10.2. The van der Waals surface area contributed by atoms with Gasteiger partial charge in [-0.3, -0.25) is 4.79 Å². The summed E-state index contributed by atoms with van der Waals surface area (Å²) in [5.41, 5.74) is 0.622. The summed E-state index contributed by atoms with van der Waals surface area (Å²) in [6.45, 7) is 4.22. The van der Waals surface area contributed by atoms with Gasteiger partial charge in [0, 0.05) is 19.8 Å². The predicted octanol–water partition coefficient (Wildman–Crippen LogP) is 1.12. The molecule has 13 heavy (non-hydrogen) atoms. The summed E-state index contributed by atoms with van der Waals surface area (Å²) in [6, 6.07) is 0. The maximum atomic E-state index is 10.5. The van der Waals surface area contributed by atoms with Crippen LogP contribution in [0.1, 0.15) is 23.8 Å². The second-order valence-electron chi connectivity index (χ2n) is 2.68. The van der Waals surface area contributed by atoms with Gasteiger partial charge in [-0.25, -0.2) is 4.98 Å². The smallest absolute Gasteiger partial charge is 0.168 e. The number of ether oxygens (including phenoxy) is 1. The number of aromatic nitrogens is 2. The third-order valence-electron chi connectivity index (χ3n) is 1.76. The van der Waals surface area contributed by atoms with Crippen LogP contribution >= 0.6 is 0 Å². The Bertz CT molecular complexity index is 258. The SMILES string of the molecule is CCOCCCn1cncc1C=O. The van der Waals surface area contributed by atoms with E-state index in [4.69, 9.17) is 4.74 Å². The average molecular weight is 182 g/mol. The number of aryl methyl sites for hydroxylation is 1. The fourth-order valence-electron chi connectivity index (χ4n) is 1.10. The van der Waals surface area contributed by atoms with Gasteiger partial charge < -0.3 is 9.30 Å². The number of hydrogen-bond donors (Lipinski definition) is 0. The van der Waals surface area contributed by atoms with E-state index in [9.17, 15) is 4.79 Å². The molecule has 1 aromatic rings. The monoisotopic (exact) mass is 182 g/mol. The van der Waals surface area contributed by atoms with Gasteiger partial charge in [0.05, 0.1) is 12.5 Å². The molecule has 0 aliphatic rings. The Morgan fingerprint density at radius 3 is 3.23 bits per heavy atom. The van der Waals surface area contributed by atoms with Crippen molar-refractivity contribution in [1.82, 2.24) is 9.55 Å². The highest BCUT2D eigenvalue weighted by atomic mass is 16.5. The lowest BCUT2D eigenvalue weighted by Gasteiger charge is -2.03. The van der Waals surface area contributed by atoms with Gasteiger partial charge in [-0.1, -0.05) is 0 Å². The van der Waals surface area contributed by atoms with Gasteiger partial charge in [0.15, 0.2) is 6.29 Å². The van der Waals surface area contributed by atoms with E-state index in [-0.39, 0.29) is 0 Å². The van der Waals surface area contributed by atoms with Crippen LogP contribution in [-0.2, 0) is 11.3 Å². The van der Waals surface area contributed by atoms with Gasteiger partial charge in [0.2, 0.25) is 0 Å². The zero-order valence-corrected chi connectivity index (χ0v) is 7.77. The van der Waals surface area contributed by atoms with E-state index in [0.717, 1.165) is 32.5 Å². The molecular formula is C9H14N2O2. The molecule has 0 aliphatic heterocycles. The number of hydrogen-bond acceptors (Lipinski definition) is 3. The van der Waals surface area contributed by atoms with E-state index in [1.165, 1.54) is 0 Å². The largest absolute Gasteiger partial charge is 0.382 e. The highest BCUT2D eigenvalue weighted by Crippen LogP contribution is 1.97. The number of nitrogens with zero attached hydrogens (tertiary/aromatic N) is 2. The first-order valence-electron chi connectivity index (χ1n) is 4.41. The number of aldehydes is 1. The molecule has 0 spiro atoms. The molecule has 0 atom stereocenters. The van der Waals surface area contributed by atoms with Crippen molar-refractivity contribution in [2.24, 2.45) is 0 Å². The molecule has 0 aliphatic carbocycles. The summed E-state index contributed by atoms with van der Waals surface area (Å²) in [5, 5.41) is 0. The van der Waals surface area contributed by atoms with Crippen molar-refractivity contribution in [3.63, 3.8) is 0 Å². The molecule has 1 heterocycles. The van der Waals surface area contributed by atoms with E-state index in [0.29, 0.717) is 5.69 Å². The van der Waals surface area contributed by atoms with Crippen LogP contribution in [0.3, 0.4) is 0 Å². The topological polar surface area (TPSA) is 44.1 Å². The van der Waals surface area contributed by atoms with E-state index in [1.807, 2.05) is 11.5 Å². The molecule has 1 rings (SSSR count). The van der Waals surface area contributed by atoms with Crippen molar-refractivity contribution < 1.29 is 9.53 Å². The molecule has 0 unspecified atom stereocenters. The van der Waals surface area contributed by atoms with Gasteiger partial charge in [-0.2, -0.15) is 0 Å². The molecule has 0 fully saturated rings. The van der Waals surface area contributed by atoms with Crippen LogP contribution in [0.5, 0.6) is 0 Å². The third-order valence-corrected chi connectivity index (χ3v) is 1.76. The lowest BCUT2D eigenvalue weighted by molar-refractivity contribution is 0.111. The molecule has 0 saturated carbocycles. The number of carbonyl (C=O) groups is 1. The second kappa shape index (κ2) is 5.48. The van der Waals surface area contributed by atoms with E-state index in [2.05, 4.69) is 4.98 Å². The molecular weight excluding hydrogens is 168 g/mol. The fourth-order valence-corrected chi connectivity index (χ4v) is 1.10. The van der Waals surface area contributed by atoms with Crippen molar-refractivity contribution in [3.05, 3.63) is 18.2 Å². The minimum atomic E-state index is 0.622. The number of carbonyl (C=O) groups excluding carboxylic acids is 1. The maximum Gasteiger partial charge on any atom is 0.168 e. The molecule has 0 saturated heterocycles. The third kappa shape index (κ3) is 2.99. The molecule has 4 nitrogen and oxygen atoms in total. The minimum Gasteiger partial charge on any atom is -0.382 e. The van der Waals surface area contributed by atoms with Gasteiger partial charge in [-0.15, -0.1) is 0 Å². The Hall–Kier alpha value is -1.16. The standard InChI is InChI=1S/C9H14N2O2/c1-2-13-5-3-4-11-8-10-6-9(11)7-12/h6-8H,2-5H2,1H3. The Labute approximate surface area is 77.5 Å². The van der Waals surface area contributed by atoms with Crippen molar-refractivity contribution in [1.29, 1.82) is 0 Å². The highest BCUT2D eigenvalue weighted by Gasteiger charge is 1.98. The van der Waals surface area contributed by atoms with Crippen molar-refractivity contribution in [2.75, 3.05) is 13.2 Å². The Morgan fingerprint density at radius 1 is 1.69 bits per heavy atom. The summed E-state index contributed by atoms with van der Waals surface area (Å²) in [5.74, 6) is 0. The Kier molecular flexibility index (Phi) is 4.18. The lowest BCUT2D eigenvalue weighted by Crippen LogP contribution is -2.04. The van der Waals surface area contributed by atoms with Crippen LogP contribution in [0, 0.1) is 0 Å². The van der Waals surface area contributed by atoms with Gasteiger partial charge in [0.25, 0.3) is 0 Å². The van der Waals surface area contributed by atoms with E-state index >= 15 is 0 Å². The number of imidazole rings is 1. The highest BCUT2D eigenvalue weighted by molar-refractivity contribution is 5.71. The van der Waals surface area contributed by atoms with Crippen molar-refractivity contribution >= 4 is 6.29 Å². The Balaban J connectivity index is 2.31. The molecule has 0 aromatic carbocycles. The average Bonchev–Trinajstić information content (AvgIpc) is 2.60. The quantitative estimate of drug-likeness (QED) is 0.489. The zero-order chi connectivity index (χ0) is 9.52. The van der Waals surface area contributed by atoms with Crippen LogP contribution in [0.25, 0.3) is 0 Å². The van der Waals surface area contributed by atoms with Crippen LogP contribution < -0.4 is 0 Å². The zero-order valence-electron chi connectivity index (χ0n) is 7.77. The minimum absolute atomic E-state index is 0.622. The molecule has 0 amide bonds. The first kappa shape index (κ1) is 9.92. The summed E-state index contributed by atoms with van der Waals surface area (Å²) in [7, 11) is 0. The predicted molar refractivity (Wildman–Crippen MR) is 48.7 cm³/mol. The molecule has 0 radical (unpaired) electrons. The van der Waals surface area contributed by atoms with Gasteiger partial charge in [-0.05, 0) is 13.3 Å². The van der Waals surface area contributed by atoms with Crippen LogP contribution in [0.4, 0.5) is 0 Å². The molecule has 4 heteroatoms. The summed E-state index contributed by atoms with van der Waals surface area (Å²) >= 11 is 0. The second-order valence-corrected chi connectivity index (χ2v) is 2.68. The first-order valence-corrected chi connectivity index (χ1v) is 4.41. The Morgan fingerprint density at radius 2 is 2.54 bits per heavy atom. The lowest BCUT2D eigenvalue weighted by atomic mass is 10.4. The van der Waals surface area contributed by atoms with E-state index < -0.39 is 0 Å². The van der Waals surface area contributed by atoms with Crippen LogP contribution in [0.2, 0.25) is 0 Å². The molecule has 0 bridgehead atoms. The summed E-state index contributed by atoms with van der Waals surface area (Å²) in [4.78, 5) is 14.4. The molecule has 72 valence electrons. The molecule has 0 N–H and O–H groups in total. The van der Waals surface area contributed by atoms with Crippen molar-refractivity contribution in [3.8, 4) is 0 Å². The fraction of sp³-hybridized carbons (Fsp3) is 0.556. The molecule has 1 aromatic heterocycles. The van der Waals surface area contributed by atoms with Crippen LogP contribution in [-0.4, -0.2) is 29.1 Å². The van der Waals surface area contributed by atoms with Crippen LogP contribution in [0.15, 0.2) is 12.5 Å². The number of rotatable bonds is 6. The van der Waals surface area contributed by atoms with Crippen molar-refractivity contribution in [2.45, 2.75) is 19.9 Å². The van der Waals surface area contributed by atoms with E-state index in [1.54, 1.807) is 12.5 Å². The van der Waals surface area contributed by atoms with Gasteiger partial charge in [0.1, 0.15) is 5.69 Å². The summed E-state index contributed by atoms with van der Waals surface area (Å²) < 4.78 is 7.01. The first-order chi connectivity index (χ1) is 6.38. The summed E-state index contributed by atoms with van der Waals surface area (Å²) in [6.07, 6.45) is 4.95. The van der Waals surface area contributed by atoms with Gasteiger partial charge >= 0.3 is 0 Å².